The first kappa shape index (κ1) is 28.2. The van der Waals surface area contributed by atoms with E-state index in [1.165, 1.54) is 6.42 Å². The van der Waals surface area contributed by atoms with Crippen molar-refractivity contribution < 1.29 is 19.5 Å². The minimum Gasteiger partial charge on any atom is -0.394 e. The van der Waals surface area contributed by atoms with Crippen molar-refractivity contribution in [2.24, 2.45) is 17.8 Å². The van der Waals surface area contributed by atoms with E-state index in [2.05, 4.69) is 27.0 Å². The maximum atomic E-state index is 14.6. The topological polar surface area (TPSA) is 81.2 Å². The van der Waals surface area contributed by atoms with Gasteiger partial charge in [0.25, 0.3) is 0 Å². The third-order valence-electron chi connectivity index (χ3n) is 9.01. The van der Waals surface area contributed by atoms with Gasteiger partial charge in [-0.15, -0.1) is 24.9 Å². The van der Waals surface area contributed by atoms with Crippen LogP contribution in [0.25, 0.3) is 0 Å². The molecule has 8 heteroatoms. The Morgan fingerprint density at radius 1 is 1.14 bits per heavy atom. The summed E-state index contributed by atoms with van der Waals surface area (Å²) in [5, 5.41) is 10.5. The van der Waals surface area contributed by atoms with Gasteiger partial charge in [0.05, 0.1) is 29.2 Å². The number of aliphatic hydroxyl groups is 1. The number of likely N-dealkylation sites (N-methyl/N-ethyl adjacent to an activating group) is 1. The van der Waals surface area contributed by atoms with E-state index in [0.717, 1.165) is 38.5 Å². The standard InChI is InChI=1S/C29H45N3O4S/c1-6-15-30(5)26(34)23-22-13-14-29(37-22)24(23)27(35)32(21(18-33)17-19(3)4)25(29)28(36)31(16-7-2)20-11-9-8-10-12-20/h6-7,19-25,33H,1-2,8-18H2,3-5H3/t21-,22+,23-,24+,25?,29?/m1/s1. The Kier molecular flexibility index (Phi) is 8.79. The van der Waals surface area contributed by atoms with Crippen molar-refractivity contribution in [1.82, 2.24) is 14.7 Å². The number of fused-ring (bicyclic) bond motifs is 1. The largest absolute Gasteiger partial charge is 0.394 e. The fraction of sp³-hybridized carbons (Fsp3) is 0.759. The average molecular weight is 532 g/mol. The Balaban J connectivity index is 1.77. The van der Waals surface area contributed by atoms with Crippen LogP contribution in [0.3, 0.4) is 0 Å². The molecule has 2 unspecified atom stereocenters. The zero-order valence-corrected chi connectivity index (χ0v) is 23.6. The van der Waals surface area contributed by atoms with Crippen molar-refractivity contribution in [3.8, 4) is 0 Å². The van der Waals surface area contributed by atoms with Gasteiger partial charge in [0.1, 0.15) is 6.04 Å². The smallest absolute Gasteiger partial charge is 0.247 e. The highest BCUT2D eigenvalue weighted by Crippen LogP contribution is 2.67. The van der Waals surface area contributed by atoms with Crippen LogP contribution < -0.4 is 0 Å². The highest BCUT2D eigenvalue weighted by molar-refractivity contribution is 8.02. The molecule has 3 heterocycles. The van der Waals surface area contributed by atoms with Crippen LogP contribution in [0.15, 0.2) is 25.3 Å². The van der Waals surface area contributed by atoms with Gasteiger partial charge in [-0.3, -0.25) is 14.4 Å². The van der Waals surface area contributed by atoms with Gasteiger partial charge in [-0.1, -0.05) is 45.3 Å². The first-order valence-electron chi connectivity index (χ1n) is 14.1. The van der Waals surface area contributed by atoms with Crippen molar-refractivity contribution in [2.45, 2.75) is 93.3 Å². The summed E-state index contributed by atoms with van der Waals surface area (Å²) < 4.78 is -0.632. The first-order chi connectivity index (χ1) is 17.7. The highest BCUT2D eigenvalue weighted by Gasteiger charge is 2.74. The summed E-state index contributed by atoms with van der Waals surface area (Å²) in [6, 6.07) is -0.968. The van der Waals surface area contributed by atoms with E-state index >= 15 is 0 Å². The van der Waals surface area contributed by atoms with Crippen molar-refractivity contribution in [3.05, 3.63) is 25.3 Å². The molecule has 6 atom stereocenters. The molecule has 206 valence electrons. The van der Waals surface area contributed by atoms with Gasteiger partial charge in [0.15, 0.2) is 0 Å². The van der Waals surface area contributed by atoms with E-state index in [1.54, 1.807) is 40.8 Å². The second-order valence-electron chi connectivity index (χ2n) is 11.8. The molecule has 3 saturated heterocycles. The van der Waals surface area contributed by atoms with Gasteiger partial charge in [0.2, 0.25) is 17.7 Å². The molecule has 3 amide bonds. The lowest BCUT2D eigenvalue weighted by molar-refractivity contribution is -0.148. The van der Waals surface area contributed by atoms with Gasteiger partial charge < -0.3 is 19.8 Å². The van der Waals surface area contributed by atoms with Gasteiger partial charge in [-0.2, -0.15) is 0 Å². The molecule has 1 saturated carbocycles. The average Bonchev–Trinajstić information content (AvgIpc) is 3.53. The maximum Gasteiger partial charge on any atom is 0.247 e. The molecular formula is C29H45N3O4S. The molecule has 3 aliphatic heterocycles. The second-order valence-corrected chi connectivity index (χ2v) is 13.4. The summed E-state index contributed by atoms with van der Waals surface area (Å²) in [6.07, 6.45) is 11.0. The summed E-state index contributed by atoms with van der Waals surface area (Å²) in [4.78, 5) is 47.9. The number of hydrogen-bond donors (Lipinski definition) is 1. The lowest BCUT2D eigenvalue weighted by Gasteiger charge is -2.43. The fourth-order valence-electron chi connectivity index (χ4n) is 7.51. The molecule has 2 bridgehead atoms. The molecule has 1 N–H and O–H groups in total. The van der Waals surface area contributed by atoms with Crippen LogP contribution in [0.1, 0.15) is 65.2 Å². The first-order valence-corrected chi connectivity index (χ1v) is 15.0. The van der Waals surface area contributed by atoms with Crippen molar-refractivity contribution >= 4 is 29.5 Å². The number of carbonyl (C=O) groups excluding carboxylic acids is 3. The lowest BCUT2D eigenvalue weighted by Crippen LogP contribution is -2.59. The number of likely N-dealkylation sites (tertiary alicyclic amines) is 1. The molecule has 37 heavy (non-hydrogen) atoms. The summed E-state index contributed by atoms with van der Waals surface area (Å²) in [7, 11) is 1.76. The molecule has 0 aromatic heterocycles. The highest BCUT2D eigenvalue weighted by atomic mass is 32.2. The molecule has 1 aliphatic carbocycles. The zero-order valence-electron chi connectivity index (χ0n) is 22.8. The van der Waals surface area contributed by atoms with Crippen LogP contribution in [0.4, 0.5) is 0 Å². The third kappa shape index (κ3) is 4.88. The van der Waals surface area contributed by atoms with Crippen LogP contribution in [-0.4, -0.2) is 92.4 Å². The minimum absolute atomic E-state index is 0.0226. The SMILES string of the molecule is C=CCN(C)C(=O)[C@@H]1[C@@H]2CCC3(S2)C(C(=O)N(CC=C)C2CCCCC2)N([C@@H](CO)CC(C)C)C(=O)[C@H]13. The van der Waals surface area contributed by atoms with Crippen LogP contribution in [0.5, 0.6) is 0 Å². The molecule has 0 radical (unpaired) electrons. The van der Waals surface area contributed by atoms with Gasteiger partial charge >= 0.3 is 0 Å². The van der Waals surface area contributed by atoms with Gasteiger partial charge in [-0.25, -0.2) is 0 Å². The Hall–Kier alpha value is -1.80. The van der Waals surface area contributed by atoms with E-state index in [1.807, 2.05) is 4.90 Å². The third-order valence-corrected chi connectivity index (χ3v) is 11.0. The zero-order chi connectivity index (χ0) is 26.9. The van der Waals surface area contributed by atoms with Crippen molar-refractivity contribution in [1.29, 1.82) is 0 Å². The molecule has 0 aromatic rings. The number of rotatable bonds is 11. The quantitative estimate of drug-likeness (QED) is 0.413. The predicted octanol–water partition coefficient (Wildman–Crippen LogP) is 3.48. The van der Waals surface area contributed by atoms with Crippen LogP contribution in [0, 0.1) is 17.8 Å². The van der Waals surface area contributed by atoms with E-state index in [0.29, 0.717) is 19.5 Å². The van der Waals surface area contributed by atoms with Gasteiger partial charge in [0, 0.05) is 31.4 Å². The number of thioether (sulfide) groups is 1. The molecule has 4 aliphatic rings. The molecule has 4 rings (SSSR count). The minimum atomic E-state index is -0.666. The molecular weight excluding hydrogens is 486 g/mol. The normalized spacial score (nSPS) is 31.9. The second kappa shape index (κ2) is 11.5. The van der Waals surface area contributed by atoms with Crippen molar-refractivity contribution in [2.75, 3.05) is 26.7 Å². The van der Waals surface area contributed by atoms with Crippen LogP contribution in [0.2, 0.25) is 0 Å². The van der Waals surface area contributed by atoms with Crippen LogP contribution in [-0.2, 0) is 14.4 Å². The fourth-order valence-corrected chi connectivity index (χ4v) is 9.70. The summed E-state index contributed by atoms with van der Waals surface area (Å²) >= 11 is 1.70. The van der Waals surface area contributed by atoms with E-state index in [9.17, 15) is 19.5 Å². The van der Waals surface area contributed by atoms with E-state index in [-0.39, 0.29) is 41.5 Å². The Morgan fingerprint density at radius 2 is 1.81 bits per heavy atom. The molecule has 4 fully saturated rings. The summed E-state index contributed by atoms with van der Waals surface area (Å²) in [5.41, 5.74) is 0. The molecule has 7 nitrogen and oxygen atoms in total. The van der Waals surface area contributed by atoms with E-state index in [4.69, 9.17) is 0 Å². The molecule has 1 spiro atoms. The number of nitrogens with zero attached hydrogens (tertiary/aromatic N) is 3. The van der Waals surface area contributed by atoms with Crippen molar-refractivity contribution in [3.63, 3.8) is 0 Å². The number of hydrogen-bond acceptors (Lipinski definition) is 5. The number of amides is 3. The maximum absolute atomic E-state index is 14.6. The lowest BCUT2D eigenvalue weighted by atomic mass is 9.70. The Morgan fingerprint density at radius 3 is 2.41 bits per heavy atom. The van der Waals surface area contributed by atoms with Gasteiger partial charge in [-0.05, 0) is 38.0 Å². The monoisotopic (exact) mass is 531 g/mol. The number of carbonyl (C=O) groups is 3. The Labute approximate surface area is 226 Å². The summed E-state index contributed by atoms with van der Waals surface area (Å²) in [5.74, 6) is -0.919. The summed E-state index contributed by atoms with van der Waals surface area (Å²) in [6.45, 7) is 12.5. The van der Waals surface area contributed by atoms with Crippen LogP contribution >= 0.6 is 11.8 Å². The number of aliphatic hydroxyl groups excluding tert-OH is 1. The predicted molar refractivity (Wildman–Crippen MR) is 148 cm³/mol. The molecule has 0 aromatic carbocycles. The van der Waals surface area contributed by atoms with E-state index < -0.39 is 28.7 Å². The Bertz CT molecular complexity index is 904.